The molecule has 3 aromatic heterocycles. The van der Waals surface area contributed by atoms with Crippen molar-refractivity contribution in [2.24, 2.45) is 0 Å². The highest BCUT2D eigenvalue weighted by Gasteiger charge is 2.48. The van der Waals surface area contributed by atoms with Gasteiger partial charge in [0.2, 0.25) is 0 Å². The number of rotatable bonds is 3. The third-order valence-electron chi connectivity index (χ3n) is 6.15. The Balaban J connectivity index is 1.58. The number of pyridine rings is 1. The maximum Gasteiger partial charge on any atom is 0.301 e. The summed E-state index contributed by atoms with van der Waals surface area (Å²) >= 11 is 7.57. The van der Waals surface area contributed by atoms with Crippen LogP contribution in [0.1, 0.15) is 22.7 Å². The molecule has 35 heavy (non-hydrogen) atoms. The zero-order chi connectivity index (χ0) is 24.3. The zero-order valence-electron chi connectivity index (χ0n) is 18.3. The predicted molar refractivity (Wildman–Crippen MR) is 137 cm³/mol. The number of amides is 1. The fourth-order valence-corrected chi connectivity index (χ4v) is 5.67. The number of para-hydroxylation sites is 1. The molecule has 172 valence electrons. The summed E-state index contributed by atoms with van der Waals surface area (Å²) in [5, 5.41) is 13.1. The third kappa shape index (κ3) is 3.33. The normalized spacial score (nSPS) is 17.7. The molecule has 9 heteroatoms. The van der Waals surface area contributed by atoms with E-state index in [1.54, 1.807) is 36.8 Å². The number of aliphatic hydroxyl groups is 1. The molecule has 1 aliphatic heterocycles. The number of aromatic nitrogens is 3. The van der Waals surface area contributed by atoms with Crippen LogP contribution < -0.4 is 4.90 Å². The van der Waals surface area contributed by atoms with Crippen LogP contribution >= 0.6 is 22.9 Å². The number of benzene rings is 2. The maximum atomic E-state index is 13.4. The number of hydrogen-bond acceptors (Lipinski definition) is 6. The number of thiazole rings is 1. The first-order valence-electron chi connectivity index (χ1n) is 10.8. The minimum absolute atomic E-state index is 0.0128. The topological polar surface area (TPSA) is 99.2 Å². The van der Waals surface area contributed by atoms with Gasteiger partial charge in [0.05, 0.1) is 21.8 Å². The van der Waals surface area contributed by atoms with Crippen molar-refractivity contribution in [1.82, 2.24) is 15.0 Å². The van der Waals surface area contributed by atoms with Crippen molar-refractivity contribution in [3.63, 3.8) is 0 Å². The van der Waals surface area contributed by atoms with Gasteiger partial charge in [-0.3, -0.25) is 19.5 Å². The number of aryl methyl sites for hydroxylation is 1. The monoisotopic (exact) mass is 500 g/mol. The van der Waals surface area contributed by atoms with Gasteiger partial charge >= 0.3 is 5.91 Å². The molecule has 1 atom stereocenters. The molecular weight excluding hydrogens is 484 g/mol. The van der Waals surface area contributed by atoms with E-state index in [0.29, 0.717) is 26.8 Å². The Morgan fingerprint density at radius 1 is 1.17 bits per heavy atom. The van der Waals surface area contributed by atoms with Crippen LogP contribution in [0.4, 0.5) is 5.13 Å². The summed E-state index contributed by atoms with van der Waals surface area (Å²) in [4.78, 5) is 40.0. The number of aliphatic hydroxyl groups excluding tert-OH is 1. The average Bonchev–Trinajstić information content (AvgIpc) is 3.54. The summed E-state index contributed by atoms with van der Waals surface area (Å²) in [6.45, 7) is 1.89. The van der Waals surface area contributed by atoms with E-state index in [1.165, 1.54) is 16.2 Å². The number of anilines is 1. The second-order valence-corrected chi connectivity index (χ2v) is 9.69. The van der Waals surface area contributed by atoms with Crippen molar-refractivity contribution in [1.29, 1.82) is 0 Å². The standard InChI is InChI=1S/C26H17ClN4O3S/c1-13-9-20-19(10-17(13)27)30-26(35-20)31-22(14-5-4-8-28-11-14)21(24(33)25(31)34)23(32)16-12-29-18-7-3-2-6-15(16)18/h2-12,22,29,32H,1H3/b23-21+. The van der Waals surface area contributed by atoms with Gasteiger partial charge in [-0.2, -0.15) is 0 Å². The molecule has 0 aliphatic carbocycles. The van der Waals surface area contributed by atoms with Crippen LogP contribution in [-0.4, -0.2) is 31.7 Å². The van der Waals surface area contributed by atoms with Crippen molar-refractivity contribution < 1.29 is 14.7 Å². The fraction of sp³-hybridized carbons (Fsp3) is 0.0769. The number of ketones is 1. The Morgan fingerprint density at radius 2 is 2.00 bits per heavy atom. The second kappa shape index (κ2) is 8.04. The Labute approximate surface area is 208 Å². The second-order valence-electron chi connectivity index (χ2n) is 8.27. The van der Waals surface area contributed by atoms with Crippen LogP contribution in [0.15, 0.2) is 72.7 Å². The Hall–Kier alpha value is -4.01. The van der Waals surface area contributed by atoms with E-state index >= 15 is 0 Å². The van der Waals surface area contributed by atoms with Gasteiger partial charge in [-0.25, -0.2) is 4.98 Å². The lowest BCUT2D eigenvalue weighted by Crippen LogP contribution is -2.29. The van der Waals surface area contributed by atoms with Crippen molar-refractivity contribution in [2.75, 3.05) is 4.90 Å². The van der Waals surface area contributed by atoms with Crippen LogP contribution in [0.25, 0.3) is 26.9 Å². The number of carbonyl (C=O) groups is 2. The number of H-pyrrole nitrogens is 1. The Kier molecular flexibility index (Phi) is 4.94. The SMILES string of the molecule is Cc1cc2sc(N3C(=O)C(=O)/C(=C(/O)c4c[nH]c5ccccc45)C3c3cccnc3)nc2cc1Cl. The van der Waals surface area contributed by atoms with Gasteiger partial charge < -0.3 is 10.1 Å². The molecule has 0 spiro atoms. The molecule has 6 rings (SSSR count). The smallest absolute Gasteiger partial charge is 0.301 e. The highest BCUT2D eigenvalue weighted by atomic mass is 35.5. The highest BCUT2D eigenvalue weighted by molar-refractivity contribution is 7.22. The van der Waals surface area contributed by atoms with Crippen molar-refractivity contribution in [3.05, 3.63) is 94.4 Å². The predicted octanol–water partition coefficient (Wildman–Crippen LogP) is 5.76. The first kappa shape index (κ1) is 21.5. The summed E-state index contributed by atoms with van der Waals surface area (Å²) in [7, 11) is 0. The van der Waals surface area contributed by atoms with Gasteiger partial charge in [0.1, 0.15) is 5.76 Å². The van der Waals surface area contributed by atoms with Crippen LogP contribution in [-0.2, 0) is 9.59 Å². The minimum atomic E-state index is -0.894. The average molecular weight is 501 g/mol. The Morgan fingerprint density at radius 3 is 2.80 bits per heavy atom. The summed E-state index contributed by atoms with van der Waals surface area (Å²) in [5.74, 6) is -1.80. The number of nitrogens with zero attached hydrogens (tertiary/aromatic N) is 3. The van der Waals surface area contributed by atoms with Crippen LogP contribution in [0, 0.1) is 6.92 Å². The molecule has 1 amide bonds. The molecule has 5 aromatic rings. The molecule has 1 aliphatic rings. The van der Waals surface area contributed by atoms with Crippen LogP contribution in [0.3, 0.4) is 0 Å². The quantitative estimate of drug-likeness (QED) is 0.186. The number of aromatic amines is 1. The van der Waals surface area contributed by atoms with Crippen LogP contribution in [0.2, 0.25) is 5.02 Å². The molecule has 2 N–H and O–H groups in total. The van der Waals surface area contributed by atoms with Crippen LogP contribution in [0.5, 0.6) is 0 Å². The number of carbonyl (C=O) groups excluding carboxylic acids is 2. The minimum Gasteiger partial charge on any atom is -0.507 e. The lowest BCUT2D eigenvalue weighted by Gasteiger charge is -2.22. The van der Waals surface area contributed by atoms with Gasteiger partial charge in [0.15, 0.2) is 5.13 Å². The summed E-state index contributed by atoms with van der Waals surface area (Å²) in [6.07, 6.45) is 4.83. The van der Waals surface area contributed by atoms with Gasteiger partial charge in [0, 0.05) is 40.1 Å². The lowest BCUT2D eigenvalue weighted by molar-refractivity contribution is -0.132. The van der Waals surface area contributed by atoms with E-state index in [0.717, 1.165) is 21.2 Å². The number of halogens is 1. The van der Waals surface area contributed by atoms with E-state index in [9.17, 15) is 14.7 Å². The highest BCUT2D eigenvalue weighted by Crippen LogP contribution is 2.45. The summed E-state index contributed by atoms with van der Waals surface area (Å²) in [5.41, 5.74) is 3.34. The third-order valence-corrected chi connectivity index (χ3v) is 7.58. The summed E-state index contributed by atoms with van der Waals surface area (Å²) in [6, 6.07) is 13.7. The maximum absolute atomic E-state index is 13.4. The van der Waals surface area contributed by atoms with E-state index < -0.39 is 17.7 Å². The van der Waals surface area contributed by atoms with E-state index in [-0.39, 0.29) is 11.3 Å². The van der Waals surface area contributed by atoms with Crippen molar-refractivity contribution in [2.45, 2.75) is 13.0 Å². The molecule has 4 heterocycles. The van der Waals surface area contributed by atoms with E-state index in [2.05, 4.69) is 15.0 Å². The zero-order valence-corrected chi connectivity index (χ0v) is 19.9. The van der Waals surface area contributed by atoms with E-state index in [1.807, 2.05) is 37.3 Å². The largest absolute Gasteiger partial charge is 0.507 e. The van der Waals surface area contributed by atoms with Gasteiger partial charge in [-0.1, -0.05) is 47.2 Å². The molecule has 0 bridgehead atoms. The molecule has 1 unspecified atom stereocenters. The van der Waals surface area contributed by atoms with E-state index in [4.69, 9.17) is 11.6 Å². The van der Waals surface area contributed by atoms with Crippen molar-refractivity contribution >= 4 is 66.6 Å². The molecule has 1 saturated heterocycles. The number of nitrogens with one attached hydrogen (secondary N) is 1. The molecule has 7 nitrogen and oxygen atoms in total. The van der Waals surface area contributed by atoms with Crippen molar-refractivity contribution in [3.8, 4) is 0 Å². The first-order chi connectivity index (χ1) is 16.9. The first-order valence-corrected chi connectivity index (χ1v) is 12.0. The number of hydrogen-bond donors (Lipinski definition) is 2. The fourth-order valence-electron chi connectivity index (χ4n) is 4.44. The van der Waals surface area contributed by atoms with Gasteiger partial charge in [-0.05, 0) is 42.3 Å². The molecule has 2 aromatic carbocycles. The molecule has 1 fully saturated rings. The number of fused-ring (bicyclic) bond motifs is 2. The van der Waals surface area contributed by atoms with Gasteiger partial charge in [-0.15, -0.1) is 0 Å². The summed E-state index contributed by atoms with van der Waals surface area (Å²) < 4.78 is 0.838. The number of Topliss-reactive ketones (excluding diaryl/α,β-unsaturated/α-hetero) is 1. The molecular formula is C26H17ClN4O3S. The lowest BCUT2D eigenvalue weighted by atomic mass is 9.96. The molecule has 0 radical (unpaired) electrons. The molecule has 0 saturated carbocycles. The Bertz CT molecular complexity index is 1650. The van der Waals surface area contributed by atoms with Gasteiger partial charge in [0.25, 0.3) is 5.78 Å².